The van der Waals surface area contributed by atoms with E-state index in [9.17, 15) is 4.79 Å². The van der Waals surface area contributed by atoms with Crippen molar-refractivity contribution in [3.8, 4) is 17.2 Å². The number of carbonyl (C=O) groups is 1. The van der Waals surface area contributed by atoms with Crippen molar-refractivity contribution in [1.29, 1.82) is 0 Å². The van der Waals surface area contributed by atoms with Gasteiger partial charge >= 0.3 is 5.97 Å². The number of hydrogen-bond acceptors (Lipinski definition) is 4. The molecule has 168 valence electrons. The number of carbonyl (C=O) groups excluding carboxylic acids is 1. The van der Waals surface area contributed by atoms with Crippen LogP contribution in [0.15, 0.2) is 60.9 Å². The molecule has 31 heavy (non-hydrogen) atoms. The highest BCUT2D eigenvalue weighted by atomic mass is 16.5. The van der Waals surface area contributed by atoms with Gasteiger partial charge in [-0.2, -0.15) is 0 Å². The van der Waals surface area contributed by atoms with Gasteiger partial charge in [0.2, 0.25) is 0 Å². The van der Waals surface area contributed by atoms with Gasteiger partial charge in [0.05, 0.1) is 18.4 Å². The predicted molar refractivity (Wildman–Crippen MR) is 126 cm³/mol. The van der Waals surface area contributed by atoms with E-state index in [0.29, 0.717) is 23.7 Å². The van der Waals surface area contributed by atoms with Gasteiger partial charge in [-0.25, -0.2) is 4.79 Å². The molecule has 0 bridgehead atoms. The Morgan fingerprint density at radius 1 is 0.903 bits per heavy atom. The van der Waals surface area contributed by atoms with E-state index in [2.05, 4.69) is 20.8 Å². The largest absolute Gasteiger partial charge is 0.494 e. The average molecular weight is 425 g/mol. The van der Waals surface area contributed by atoms with Crippen molar-refractivity contribution >= 4 is 5.97 Å². The van der Waals surface area contributed by atoms with E-state index >= 15 is 0 Å². The van der Waals surface area contributed by atoms with Crippen molar-refractivity contribution in [2.75, 3.05) is 6.61 Å². The van der Waals surface area contributed by atoms with E-state index in [-0.39, 0.29) is 0 Å². The SMILES string of the molecule is CCCCC/C=C/Oc1ccc(OC(=O)c2ccc(OCCC[C@@H](C)CC)cc2)cc1. The first kappa shape index (κ1) is 24.5. The zero-order chi connectivity index (χ0) is 22.3. The topological polar surface area (TPSA) is 44.8 Å². The standard InChI is InChI=1S/C27H36O4/c1-4-6-7-8-9-20-29-25-16-18-26(19-17-25)31-27(28)23-12-14-24(15-13-23)30-21-10-11-22(3)5-2/h9,12-20,22H,4-8,10-11,21H2,1-3H3/b20-9+/t22-/m0/s1. The molecule has 0 saturated carbocycles. The maximum atomic E-state index is 12.4. The molecule has 0 heterocycles. The number of esters is 1. The molecular formula is C27H36O4. The third-order valence-corrected chi connectivity index (χ3v) is 5.21. The number of hydrogen-bond donors (Lipinski definition) is 0. The molecule has 1 atom stereocenters. The van der Waals surface area contributed by atoms with Gasteiger partial charge < -0.3 is 14.2 Å². The van der Waals surface area contributed by atoms with Crippen molar-refractivity contribution in [3.63, 3.8) is 0 Å². The number of ether oxygens (including phenoxy) is 3. The molecule has 0 aliphatic heterocycles. The molecule has 0 amide bonds. The Labute approximate surface area is 187 Å². The summed E-state index contributed by atoms with van der Waals surface area (Å²) in [6.45, 7) is 7.35. The highest BCUT2D eigenvalue weighted by molar-refractivity contribution is 5.91. The predicted octanol–water partition coefficient (Wildman–Crippen LogP) is 7.58. The Morgan fingerprint density at radius 3 is 2.26 bits per heavy atom. The normalized spacial score (nSPS) is 12.0. The molecule has 0 aliphatic carbocycles. The number of benzene rings is 2. The van der Waals surface area contributed by atoms with Crippen LogP contribution in [0.3, 0.4) is 0 Å². The second-order valence-electron chi connectivity index (χ2n) is 7.87. The Bertz CT molecular complexity index is 778. The molecule has 2 rings (SSSR count). The summed E-state index contributed by atoms with van der Waals surface area (Å²) in [6, 6.07) is 14.1. The molecule has 0 fully saturated rings. The maximum Gasteiger partial charge on any atom is 0.343 e. The Hall–Kier alpha value is -2.75. The molecule has 0 spiro atoms. The molecule has 2 aromatic carbocycles. The van der Waals surface area contributed by atoms with E-state index in [1.54, 1.807) is 42.7 Å². The second-order valence-corrected chi connectivity index (χ2v) is 7.87. The van der Waals surface area contributed by atoms with Crippen LogP contribution in [0.25, 0.3) is 0 Å². The number of allylic oxidation sites excluding steroid dienone is 1. The van der Waals surface area contributed by atoms with Gasteiger partial charge in [0.25, 0.3) is 0 Å². The van der Waals surface area contributed by atoms with Gasteiger partial charge in [0.15, 0.2) is 0 Å². The zero-order valence-electron chi connectivity index (χ0n) is 19.1. The summed E-state index contributed by atoms with van der Waals surface area (Å²) >= 11 is 0. The van der Waals surface area contributed by atoms with Crippen molar-refractivity contribution in [1.82, 2.24) is 0 Å². The average Bonchev–Trinajstić information content (AvgIpc) is 2.80. The molecule has 2 aromatic rings. The van der Waals surface area contributed by atoms with Crippen LogP contribution in [-0.4, -0.2) is 12.6 Å². The molecule has 0 saturated heterocycles. The monoisotopic (exact) mass is 424 g/mol. The molecule has 0 aromatic heterocycles. The van der Waals surface area contributed by atoms with Crippen LogP contribution in [0.2, 0.25) is 0 Å². The first-order valence-electron chi connectivity index (χ1n) is 11.5. The fourth-order valence-electron chi connectivity index (χ4n) is 2.97. The maximum absolute atomic E-state index is 12.4. The summed E-state index contributed by atoms with van der Waals surface area (Å²) in [5, 5.41) is 0. The number of rotatable bonds is 14. The Morgan fingerprint density at radius 2 is 1.58 bits per heavy atom. The van der Waals surface area contributed by atoms with Crippen LogP contribution in [0, 0.1) is 5.92 Å². The summed E-state index contributed by atoms with van der Waals surface area (Å²) in [4.78, 5) is 12.4. The highest BCUT2D eigenvalue weighted by Gasteiger charge is 2.09. The molecule has 0 aliphatic rings. The first-order valence-corrected chi connectivity index (χ1v) is 11.5. The van der Waals surface area contributed by atoms with Crippen LogP contribution in [0.4, 0.5) is 0 Å². The van der Waals surface area contributed by atoms with Crippen LogP contribution in [-0.2, 0) is 0 Å². The minimum atomic E-state index is -0.396. The molecular weight excluding hydrogens is 388 g/mol. The van der Waals surface area contributed by atoms with Gasteiger partial charge in [0.1, 0.15) is 17.2 Å². The van der Waals surface area contributed by atoms with Gasteiger partial charge in [0, 0.05) is 0 Å². The molecule has 4 nitrogen and oxygen atoms in total. The molecule has 0 radical (unpaired) electrons. The lowest BCUT2D eigenvalue weighted by Crippen LogP contribution is -2.08. The zero-order valence-corrected chi connectivity index (χ0v) is 19.1. The summed E-state index contributed by atoms with van der Waals surface area (Å²) in [7, 11) is 0. The molecule has 0 unspecified atom stereocenters. The summed E-state index contributed by atoms with van der Waals surface area (Å²) in [5.74, 6) is 2.29. The smallest absolute Gasteiger partial charge is 0.343 e. The third-order valence-electron chi connectivity index (χ3n) is 5.21. The fraction of sp³-hybridized carbons (Fsp3) is 0.444. The van der Waals surface area contributed by atoms with E-state index < -0.39 is 5.97 Å². The van der Waals surface area contributed by atoms with Gasteiger partial charge in [-0.3, -0.25) is 0 Å². The highest BCUT2D eigenvalue weighted by Crippen LogP contribution is 2.20. The summed E-state index contributed by atoms with van der Waals surface area (Å²) < 4.78 is 16.8. The molecule has 4 heteroatoms. The van der Waals surface area contributed by atoms with Crippen LogP contribution < -0.4 is 14.2 Å². The van der Waals surface area contributed by atoms with Crippen molar-refractivity contribution < 1.29 is 19.0 Å². The van der Waals surface area contributed by atoms with E-state index in [4.69, 9.17) is 14.2 Å². The van der Waals surface area contributed by atoms with Crippen LogP contribution in [0.1, 0.15) is 76.1 Å². The van der Waals surface area contributed by atoms with Crippen LogP contribution in [0.5, 0.6) is 17.2 Å². The third kappa shape index (κ3) is 9.73. The summed E-state index contributed by atoms with van der Waals surface area (Å²) in [6.07, 6.45) is 11.8. The van der Waals surface area contributed by atoms with Crippen LogP contribution >= 0.6 is 0 Å². The first-order chi connectivity index (χ1) is 15.1. The van der Waals surface area contributed by atoms with Crippen molar-refractivity contribution in [3.05, 3.63) is 66.4 Å². The summed E-state index contributed by atoms with van der Waals surface area (Å²) in [5.41, 5.74) is 0.488. The Kier molecular flexibility index (Phi) is 11.3. The second kappa shape index (κ2) is 14.3. The van der Waals surface area contributed by atoms with Gasteiger partial charge in [-0.15, -0.1) is 0 Å². The van der Waals surface area contributed by atoms with Gasteiger partial charge in [-0.1, -0.05) is 40.0 Å². The minimum Gasteiger partial charge on any atom is -0.494 e. The lowest BCUT2D eigenvalue weighted by Gasteiger charge is -2.10. The number of unbranched alkanes of at least 4 members (excludes halogenated alkanes) is 3. The van der Waals surface area contributed by atoms with E-state index in [0.717, 1.165) is 24.5 Å². The van der Waals surface area contributed by atoms with Crippen molar-refractivity contribution in [2.24, 2.45) is 5.92 Å². The quantitative estimate of drug-likeness (QED) is 0.136. The van der Waals surface area contributed by atoms with Crippen molar-refractivity contribution in [2.45, 2.75) is 65.7 Å². The van der Waals surface area contributed by atoms with Gasteiger partial charge in [-0.05, 0) is 86.2 Å². The minimum absolute atomic E-state index is 0.396. The van der Waals surface area contributed by atoms with E-state index in [1.165, 1.54) is 32.1 Å². The lowest BCUT2D eigenvalue weighted by molar-refractivity contribution is 0.0734. The molecule has 0 N–H and O–H groups in total. The lowest BCUT2D eigenvalue weighted by atomic mass is 10.0. The Balaban J connectivity index is 1.75. The fourth-order valence-corrected chi connectivity index (χ4v) is 2.97. The van der Waals surface area contributed by atoms with E-state index in [1.807, 2.05) is 18.2 Å².